The first kappa shape index (κ1) is 17.5. The standard InChI is InChI=1S/C20H15FN6O/c1-13(28)23-17-7-5-14(6-8-17)15-10-16(21)12-18(11-15)27-25-20(24-26-27)19-4-2-3-9-22-19/h2-12H,1H3,(H,23,28). The van der Waals surface area contributed by atoms with Crippen LogP contribution in [0.15, 0.2) is 66.9 Å². The van der Waals surface area contributed by atoms with E-state index in [4.69, 9.17) is 0 Å². The Hall–Kier alpha value is -3.94. The van der Waals surface area contributed by atoms with E-state index in [2.05, 4.69) is 25.7 Å². The van der Waals surface area contributed by atoms with Gasteiger partial charge in [0.15, 0.2) is 0 Å². The van der Waals surface area contributed by atoms with Crippen LogP contribution >= 0.6 is 0 Å². The Balaban J connectivity index is 1.66. The molecule has 2 aromatic carbocycles. The molecule has 0 unspecified atom stereocenters. The average molecular weight is 374 g/mol. The molecule has 4 rings (SSSR count). The van der Waals surface area contributed by atoms with Crippen molar-refractivity contribution >= 4 is 11.6 Å². The Morgan fingerprint density at radius 3 is 2.57 bits per heavy atom. The minimum absolute atomic E-state index is 0.151. The van der Waals surface area contributed by atoms with Crippen LogP contribution in [-0.2, 0) is 4.79 Å². The molecule has 0 fully saturated rings. The van der Waals surface area contributed by atoms with Crippen molar-refractivity contribution in [2.75, 3.05) is 5.32 Å². The summed E-state index contributed by atoms with van der Waals surface area (Å²) in [6, 6.07) is 17.0. The minimum Gasteiger partial charge on any atom is -0.326 e. The highest BCUT2D eigenvalue weighted by Crippen LogP contribution is 2.25. The van der Waals surface area contributed by atoms with Gasteiger partial charge in [0.05, 0.1) is 5.69 Å². The topological polar surface area (TPSA) is 85.6 Å². The van der Waals surface area contributed by atoms with Crippen LogP contribution in [0.2, 0.25) is 0 Å². The molecular formula is C20H15FN6O. The van der Waals surface area contributed by atoms with E-state index < -0.39 is 5.82 Å². The van der Waals surface area contributed by atoms with Crippen molar-refractivity contribution in [2.45, 2.75) is 6.92 Å². The van der Waals surface area contributed by atoms with Gasteiger partial charge in [-0.3, -0.25) is 9.78 Å². The molecule has 1 amide bonds. The number of aromatic nitrogens is 5. The molecule has 4 aromatic rings. The van der Waals surface area contributed by atoms with Gasteiger partial charge < -0.3 is 5.32 Å². The van der Waals surface area contributed by atoms with Crippen LogP contribution in [-0.4, -0.2) is 31.1 Å². The van der Waals surface area contributed by atoms with E-state index in [9.17, 15) is 9.18 Å². The van der Waals surface area contributed by atoms with Gasteiger partial charge in [-0.05, 0) is 52.7 Å². The van der Waals surface area contributed by atoms with Crippen molar-refractivity contribution in [3.05, 3.63) is 72.7 Å². The highest BCUT2D eigenvalue weighted by molar-refractivity contribution is 5.89. The fourth-order valence-corrected chi connectivity index (χ4v) is 2.73. The van der Waals surface area contributed by atoms with Gasteiger partial charge in [-0.2, -0.15) is 0 Å². The third kappa shape index (κ3) is 3.75. The van der Waals surface area contributed by atoms with E-state index in [0.717, 1.165) is 5.56 Å². The molecule has 0 aliphatic rings. The summed E-state index contributed by atoms with van der Waals surface area (Å²) in [4.78, 5) is 16.6. The summed E-state index contributed by atoms with van der Waals surface area (Å²) in [5, 5.41) is 15.0. The van der Waals surface area contributed by atoms with Gasteiger partial charge >= 0.3 is 0 Å². The molecule has 138 valence electrons. The number of carbonyl (C=O) groups excluding carboxylic acids is 1. The lowest BCUT2D eigenvalue weighted by Gasteiger charge is -2.07. The summed E-state index contributed by atoms with van der Waals surface area (Å²) in [7, 11) is 0. The molecule has 0 saturated carbocycles. The van der Waals surface area contributed by atoms with Gasteiger partial charge in [-0.1, -0.05) is 18.2 Å². The molecule has 28 heavy (non-hydrogen) atoms. The van der Waals surface area contributed by atoms with Crippen LogP contribution in [0.3, 0.4) is 0 Å². The maximum atomic E-state index is 14.2. The van der Waals surface area contributed by atoms with Gasteiger partial charge in [0.25, 0.3) is 0 Å². The van der Waals surface area contributed by atoms with Crippen LogP contribution in [0.1, 0.15) is 6.92 Å². The highest BCUT2D eigenvalue weighted by Gasteiger charge is 2.11. The zero-order chi connectivity index (χ0) is 19.5. The number of rotatable bonds is 4. The lowest BCUT2D eigenvalue weighted by molar-refractivity contribution is -0.114. The molecule has 0 atom stereocenters. The van der Waals surface area contributed by atoms with E-state index in [1.165, 1.54) is 23.9 Å². The number of anilines is 1. The molecule has 0 spiro atoms. The van der Waals surface area contributed by atoms with Gasteiger partial charge in [-0.25, -0.2) is 4.39 Å². The van der Waals surface area contributed by atoms with Crippen LogP contribution in [0.4, 0.5) is 10.1 Å². The number of hydrogen-bond donors (Lipinski definition) is 1. The van der Waals surface area contributed by atoms with Crippen molar-refractivity contribution in [1.29, 1.82) is 0 Å². The number of nitrogens with one attached hydrogen (secondary N) is 1. The predicted octanol–water partition coefficient (Wildman–Crippen LogP) is 3.49. The van der Waals surface area contributed by atoms with E-state index in [1.807, 2.05) is 6.07 Å². The van der Waals surface area contributed by atoms with Crippen LogP contribution in [0, 0.1) is 5.82 Å². The molecule has 0 saturated heterocycles. The molecule has 2 heterocycles. The second-order valence-corrected chi connectivity index (χ2v) is 6.07. The van der Waals surface area contributed by atoms with Gasteiger partial charge in [0.2, 0.25) is 11.7 Å². The Labute approximate surface area is 159 Å². The van der Waals surface area contributed by atoms with E-state index in [1.54, 1.807) is 48.7 Å². The van der Waals surface area contributed by atoms with Gasteiger partial charge in [-0.15, -0.1) is 15.0 Å². The predicted molar refractivity (Wildman–Crippen MR) is 102 cm³/mol. The lowest BCUT2D eigenvalue weighted by atomic mass is 10.0. The Bertz CT molecular complexity index is 1130. The smallest absolute Gasteiger partial charge is 0.223 e. The maximum absolute atomic E-state index is 14.2. The number of nitrogens with zero attached hydrogens (tertiary/aromatic N) is 5. The zero-order valence-electron chi connectivity index (χ0n) is 14.9. The normalized spacial score (nSPS) is 10.6. The fraction of sp³-hybridized carbons (Fsp3) is 0.0500. The van der Waals surface area contributed by atoms with Crippen molar-refractivity contribution in [2.24, 2.45) is 0 Å². The first-order valence-corrected chi connectivity index (χ1v) is 8.49. The van der Waals surface area contributed by atoms with E-state index >= 15 is 0 Å². The number of benzene rings is 2. The third-order valence-electron chi connectivity index (χ3n) is 3.96. The van der Waals surface area contributed by atoms with Gasteiger partial charge in [0.1, 0.15) is 11.5 Å². The number of hydrogen-bond acceptors (Lipinski definition) is 5. The molecule has 0 aliphatic heterocycles. The van der Waals surface area contributed by atoms with E-state index in [-0.39, 0.29) is 5.91 Å². The largest absolute Gasteiger partial charge is 0.326 e. The maximum Gasteiger partial charge on any atom is 0.223 e. The number of tetrazole rings is 1. The summed E-state index contributed by atoms with van der Waals surface area (Å²) >= 11 is 0. The molecule has 7 nitrogen and oxygen atoms in total. The van der Waals surface area contributed by atoms with Crippen molar-refractivity contribution in [3.8, 4) is 28.3 Å². The van der Waals surface area contributed by atoms with Gasteiger partial charge in [0, 0.05) is 24.9 Å². The summed E-state index contributed by atoms with van der Waals surface area (Å²) in [5.41, 5.74) is 3.14. The van der Waals surface area contributed by atoms with Crippen molar-refractivity contribution in [1.82, 2.24) is 25.2 Å². The van der Waals surface area contributed by atoms with Crippen LogP contribution < -0.4 is 5.32 Å². The Kier molecular flexibility index (Phi) is 4.59. The fourth-order valence-electron chi connectivity index (χ4n) is 2.73. The number of pyridine rings is 1. The zero-order valence-corrected chi connectivity index (χ0v) is 14.9. The molecule has 0 bridgehead atoms. The van der Waals surface area contributed by atoms with E-state index in [0.29, 0.717) is 28.5 Å². The van der Waals surface area contributed by atoms with Crippen molar-refractivity contribution < 1.29 is 9.18 Å². The quantitative estimate of drug-likeness (QED) is 0.591. The summed E-state index contributed by atoms with van der Waals surface area (Å²) in [6.45, 7) is 1.44. The first-order chi connectivity index (χ1) is 13.6. The Morgan fingerprint density at radius 1 is 1.04 bits per heavy atom. The lowest BCUT2D eigenvalue weighted by Crippen LogP contribution is -2.05. The van der Waals surface area contributed by atoms with Crippen molar-refractivity contribution in [3.63, 3.8) is 0 Å². The first-order valence-electron chi connectivity index (χ1n) is 8.49. The summed E-state index contributed by atoms with van der Waals surface area (Å²) in [5.74, 6) is -0.219. The van der Waals surface area contributed by atoms with Crippen LogP contribution in [0.5, 0.6) is 0 Å². The SMILES string of the molecule is CC(=O)Nc1ccc(-c2cc(F)cc(-n3nnc(-c4ccccn4)n3)c2)cc1. The number of amides is 1. The summed E-state index contributed by atoms with van der Waals surface area (Å²) in [6.07, 6.45) is 1.64. The molecule has 0 aliphatic carbocycles. The third-order valence-corrected chi connectivity index (χ3v) is 3.96. The van der Waals surface area contributed by atoms with Crippen LogP contribution in [0.25, 0.3) is 28.3 Å². The molecule has 8 heteroatoms. The monoisotopic (exact) mass is 374 g/mol. The average Bonchev–Trinajstić information content (AvgIpc) is 3.19. The summed E-state index contributed by atoms with van der Waals surface area (Å²) < 4.78 is 14.2. The molecular weight excluding hydrogens is 359 g/mol. The molecule has 2 aromatic heterocycles. The molecule has 1 N–H and O–H groups in total. The second kappa shape index (κ2) is 7.36. The second-order valence-electron chi connectivity index (χ2n) is 6.07. The Morgan fingerprint density at radius 2 is 1.86 bits per heavy atom. The molecule has 0 radical (unpaired) electrons. The number of carbonyl (C=O) groups is 1. The number of halogens is 1. The highest BCUT2D eigenvalue weighted by atomic mass is 19.1. The minimum atomic E-state index is -0.421.